The van der Waals surface area contributed by atoms with Crippen molar-refractivity contribution in [1.29, 1.82) is 0 Å². The van der Waals surface area contributed by atoms with E-state index in [1.807, 2.05) is 55.5 Å². The Bertz CT molecular complexity index is 515. The van der Waals surface area contributed by atoms with Gasteiger partial charge in [-0.05, 0) is 43.3 Å². The van der Waals surface area contributed by atoms with Crippen LogP contribution in [0.3, 0.4) is 0 Å². The van der Waals surface area contributed by atoms with Crippen LogP contribution in [0.4, 0.5) is 0 Å². The Balaban J connectivity index is 2.13. The molecule has 2 nitrogen and oxygen atoms in total. The number of ether oxygens (including phenoxy) is 1. The molecule has 0 saturated carbocycles. The number of hydrogen-bond acceptors (Lipinski definition) is 2. The normalized spacial score (nSPS) is 12.1. The third-order valence-corrected chi connectivity index (χ3v) is 3.35. The zero-order chi connectivity index (χ0) is 12.3. The van der Waals surface area contributed by atoms with Crippen LogP contribution >= 0.6 is 0 Å². The molecule has 0 aromatic heterocycles. The summed E-state index contributed by atoms with van der Waals surface area (Å²) in [5, 5.41) is 0. The summed E-state index contributed by atoms with van der Waals surface area (Å²) in [6.45, 7) is 2.04. The van der Waals surface area contributed by atoms with Gasteiger partial charge in [0.15, 0.2) is 0 Å². The predicted molar refractivity (Wildman–Crippen MR) is 70.0 cm³/mol. The van der Waals surface area contributed by atoms with E-state index in [0.717, 1.165) is 16.4 Å². The summed E-state index contributed by atoms with van der Waals surface area (Å²) in [6.07, 6.45) is 1.66. The zero-order valence-corrected chi connectivity index (χ0v) is 10.7. The molecule has 0 radical (unpaired) electrons. The molecule has 0 aliphatic carbocycles. The maximum Gasteiger partial charge on any atom is 0.127 e. The molecule has 0 bridgehead atoms. The Morgan fingerprint density at radius 2 is 1.35 bits per heavy atom. The topological polar surface area (TPSA) is 26.3 Å². The maximum atomic E-state index is 11.2. The van der Waals surface area contributed by atoms with E-state index in [4.69, 9.17) is 4.74 Å². The van der Waals surface area contributed by atoms with E-state index in [1.54, 1.807) is 6.26 Å². The van der Waals surface area contributed by atoms with Gasteiger partial charge in [0, 0.05) is 22.0 Å². The molecule has 0 fully saturated rings. The van der Waals surface area contributed by atoms with E-state index in [-0.39, 0.29) is 0 Å². The van der Waals surface area contributed by atoms with Gasteiger partial charge in [-0.1, -0.05) is 17.7 Å². The third kappa shape index (κ3) is 3.17. The van der Waals surface area contributed by atoms with Gasteiger partial charge < -0.3 is 4.74 Å². The molecule has 1 unspecified atom stereocenters. The summed E-state index contributed by atoms with van der Waals surface area (Å²) >= 11 is 0. The Hall–Kier alpha value is -1.61. The van der Waals surface area contributed by atoms with Gasteiger partial charge in [0.2, 0.25) is 0 Å². The second kappa shape index (κ2) is 5.15. The first-order valence-corrected chi connectivity index (χ1v) is 6.89. The molecule has 2 aromatic rings. The second-order valence-electron chi connectivity index (χ2n) is 3.84. The molecule has 0 heterocycles. The van der Waals surface area contributed by atoms with Gasteiger partial charge in [-0.3, -0.25) is 4.21 Å². The average Bonchev–Trinajstić information content (AvgIpc) is 2.33. The zero-order valence-electron chi connectivity index (χ0n) is 9.84. The number of aryl methyl sites for hydroxylation is 1. The highest BCUT2D eigenvalue weighted by atomic mass is 32.2. The van der Waals surface area contributed by atoms with E-state index < -0.39 is 10.8 Å². The van der Waals surface area contributed by atoms with Crippen molar-refractivity contribution in [2.24, 2.45) is 0 Å². The van der Waals surface area contributed by atoms with E-state index in [0.29, 0.717) is 0 Å². The molecule has 1 atom stereocenters. The number of benzene rings is 2. The van der Waals surface area contributed by atoms with Crippen molar-refractivity contribution in [3.05, 3.63) is 54.1 Å². The molecule has 0 saturated heterocycles. The van der Waals surface area contributed by atoms with Crippen LogP contribution < -0.4 is 4.74 Å². The van der Waals surface area contributed by atoms with E-state index in [1.165, 1.54) is 5.56 Å². The van der Waals surface area contributed by atoms with Crippen LogP contribution in [0.5, 0.6) is 11.5 Å². The summed E-state index contributed by atoms with van der Waals surface area (Å²) in [5.74, 6) is 1.56. The van der Waals surface area contributed by atoms with Crippen molar-refractivity contribution >= 4 is 10.8 Å². The van der Waals surface area contributed by atoms with Crippen molar-refractivity contribution in [2.45, 2.75) is 11.8 Å². The Morgan fingerprint density at radius 3 is 1.82 bits per heavy atom. The predicted octanol–water partition coefficient (Wildman–Crippen LogP) is 3.52. The van der Waals surface area contributed by atoms with E-state index in [9.17, 15) is 4.21 Å². The van der Waals surface area contributed by atoms with Crippen molar-refractivity contribution in [3.8, 4) is 11.5 Å². The van der Waals surface area contributed by atoms with Crippen molar-refractivity contribution < 1.29 is 8.95 Å². The molecular weight excluding hydrogens is 232 g/mol. The molecule has 2 rings (SSSR count). The molecular formula is C14H14O2S. The maximum absolute atomic E-state index is 11.2. The van der Waals surface area contributed by atoms with Crippen LogP contribution in [0.25, 0.3) is 0 Å². The molecule has 0 aliphatic rings. The molecule has 3 heteroatoms. The van der Waals surface area contributed by atoms with Crippen LogP contribution in [-0.4, -0.2) is 10.5 Å². The SMILES string of the molecule is Cc1ccc(Oc2ccc(S(C)=O)cc2)cc1. The summed E-state index contributed by atoms with van der Waals surface area (Å²) in [4.78, 5) is 0.807. The Labute approximate surface area is 104 Å². The first-order chi connectivity index (χ1) is 8.15. The molecule has 0 spiro atoms. The third-order valence-electron chi connectivity index (χ3n) is 2.41. The lowest BCUT2D eigenvalue weighted by Gasteiger charge is -2.06. The van der Waals surface area contributed by atoms with Crippen molar-refractivity contribution in [3.63, 3.8) is 0 Å². The fourth-order valence-corrected chi connectivity index (χ4v) is 1.96. The minimum absolute atomic E-state index is 0.753. The monoisotopic (exact) mass is 246 g/mol. The lowest BCUT2D eigenvalue weighted by Crippen LogP contribution is -1.88. The highest BCUT2D eigenvalue weighted by Crippen LogP contribution is 2.22. The largest absolute Gasteiger partial charge is 0.457 e. The van der Waals surface area contributed by atoms with Gasteiger partial charge in [-0.15, -0.1) is 0 Å². The lowest BCUT2D eigenvalue weighted by molar-refractivity contribution is 0.482. The molecule has 2 aromatic carbocycles. The lowest BCUT2D eigenvalue weighted by atomic mass is 10.2. The summed E-state index contributed by atoms with van der Waals surface area (Å²) in [5.41, 5.74) is 1.20. The Morgan fingerprint density at radius 1 is 0.882 bits per heavy atom. The minimum atomic E-state index is -0.942. The Kier molecular flexibility index (Phi) is 3.59. The quantitative estimate of drug-likeness (QED) is 0.828. The van der Waals surface area contributed by atoms with Crippen LogP contribution in [0.1, 0.15) is 5.56 Å². The standard InChI is InChI=1S/C14H14O2S/c1-11-3-5-12(6-4-11)16-13-7-9-14(10-8-13)17(2)15/h3-10H,1-2H3. The van der Waals surface area contributed by atoms with Gasteiger partial charge >= 0.3 is 0 Å². The second-order valence-corrected chi connectivity index (χ2v) is 5.22. The molecule has 0 aliphatic heterocycles. The smallest absolute Gasteiger partial charge is 0.127 e. The van der Waals surface area contributed by atoms with Gasteiger partial charge in [-0.25, -0.2) is 0 Å². The molecule has 88 valence electrons. The van der Waals surface area contributed by atoms with Gasteiger partial charge in [-0.2, -0.15) is 0 Å². The van der Waals surface area contributed by atoms with Crippen LogP contribution in [0.15, 0.2) is 53.4 Å². The van der Waals surface area contributed by atoms with E-state index >= 15 is 0 Å². The van der Waals surface area contributed by atoms with Crippen LogP contribution in [0, 0.1) is 6.92 Å². The molecule has 0 amide bonds. The van der Waals surface area contributed by atoms with Crippen LogP contribution in [0.2, 0.25) is 0 Å². The fraction of sp³-hybridized carbons (Fsp3) is 0.143. The van der Waals surface area contributed by atoms with Gasteiger partial charge in [0.25, 0.3) is 0 Å². The molecule has 17 heavy (non-hydrogen) atoms. The van der Waals surface area contributed by atoms with Crippen molar-refractivity contribution in [1.82, 2.24) is 0 Å². The summed E-state index contributed by atoms with van der Waals surface area (Å²) < 4.78 is 16.9. The highest BCUT2D eigenvalue weighted by molar-refractivity contribution is 7.84. The summed E-state index contributed by atoms with van der Waals surface area (Å²) in [6, 6.07) is 15.2. The van der Waals surface area contributed by atoms with Gasteiger partial charge in [0.1, 0.15) is 11.5 Å². The summed E-state index contributed by atoms with van der Waals surface area (Å²) in [7, 11) is -0.942. The first kappa shape index (κ1) is 11.9. The number of rotatable bonds is 3. The average molecular weight is 246 g/mol. The van der Waals surface area contributed by atoms with Gasteiger partial charge in [0.05, 0.1) is 0 Å². The minimum Gasteiger partial charge on any atom is -0.457 e. The van der Waals surface area contributed by atoms with Crippen molar-refractivity contribution in [2.75, 3.05) is 6.26 Å². The van der Waals surface area contributed by atoms with Crippen LogP contribution in [-0.2, 0) is 10.8 Å². The molecule has 0 N–H and O–H groups in total. The highest BCUT2D eigenvalue weighted by Gasteiger charge is 1.99. The first-order valence-electron chi connectivity index (χ1n) is 5.33. The fourth-order valence-electron chi connectivity index (χ4n) is 1.44. The van der Waals surface area contributed by atoms with E-state index in [2.05, 4.69) is 0 Å². The number of hydrogen-bond donors (Lipinski definition) is 0.